The molecule has 0 radical (unpaired) electrons. The maximum absolute atomic E-state index is 12.7. The van der Waals surface area contributed by atoms with E-state index >= 15 is 0 Å². The van der Waals surface area contributed by atoms with Crippen LogP contribution in [-0.2, 0) is 16.1 Å². The molecule has 2 aromatic heterocycles. The maximum atomic E-state index is 12.7. The summed E-state index contributed by atoms with van der Waals surface area (Å²) in [7, 11) is 0. The van der Waals surface area contributed by atoms with Gasteiger partial charge in [-0.1, -0.05) is 12.0 Å². The Balaban J connectivity index is 1.50. The van der Waals surface area contributed by atoms with E-state index in [2.05, 4.69) is 26.2 Å². The summed E-state index contributed by atoms with van der Waals surface area (Å²) in [5, 5.41) is 20.8. The molecule has 4 rings (SSSR count). The van der Waals surface area contributed by atoms with Gasteiger partial charge in [-0.3, -0.25) is 23.9 Å². The summed E-state index contributed by atoms with van der Waals surface area (Å²) < 4.78 is 1.60. The number of carboxylic acids is 2. The number of terminal acetylenes is 1. The van der Waals surface area contributed by atoms with Crippen LogP contribution < -0.4 is 15.8 Å². The topological polar surface area (TPSA) is 171 Å². The lowest BCUT2D eigenvalue weighted by molar-refractivity contribution is -0.140. The summed E-state index contributed by atoms with van der Waals surface area (Å²) in [6, 6.07) is 10.4. The van der Waals surface area contributed by atoms with Crippen LogP contribution in [-0.4, -0.2) is 60.2 Å². The standard InChI is InChI=1S/C27H24N6O6/c1-2-12-32(19-6-4-18(5-7-19)24(36)29-22(26(38)39)9-10-23(34)35)15-17-3-8-21-20(14-17)25(37)31-27(30-21)33-13-11-28-16-33/h1,3-8,11,13-14,16,22H,9-10,12,15H2,(H,29,36)(H,34,35)(H,38,39)(H,30,31,37). The molecule has 12 heteroatoms. The number of carbonyl (C=O) groups excluding carboxylic acids is 1. The molecule has 12 nitrogen and oxygen atoms in total. The number of hydrogen-bond acceptors (Lipinski definition) is 7. The predicted molar refractivity (Wildman–Crippen MR) is 142 cm³/mol. The van der Waals surface area contributed by atoms with Gasteiger partial charge in [-0.2, -0.15) is 0 Å². The van der Waals surface area contributed by atoms with Crippen molar-refractivity contribution >= 4 is 34.4 Å². The molecule has 4 aromatic rings. The number of hydrogen-bond donors (Lipinski definition) is 4. The van der Waals surface area contributed by atoms with Crippen molar-refractivity contribution in [2.45, 2.75) is 25.4 Å². The number of nitrogens with one attached hydrogen (secondary N) is 2. The van der Waals surface area contributed by atoms with E-state index in [1.807, 2.05) is 11.0 Å². The van der Waals surface area contributed by atoms with E-state index in [-0.39, 0.29) is 30.5 Å². The Morgan fingerprint density at radius 1 is 1.15 bits per heavy atom. The summed E-state index contributed by atoms with van der Waals surface area (Å²) in [6.07, 6.45) is 9.75. The summed E-state index contributed by atoms with van der Waals surface area (Å²) >= 11 is 0. The first-order chi connectivity index (χ1) is 18.7. The fraction of sp³-hybridized carbons (Fsp3) is 0.185. The van der Waals surface area contributed by atoms with Gasteiger partial charge in [-0.25, -0.2) is 14.8 Å². The van der Waals surface area contributed by atoms with Crippen LogP contribution in [0, 0.1) is 12.3 Å². The Labute approximate surface area is 221 Å². The number of anilines is 1. The second kappa shape index (κ2) is 11.7. The first-order valence-electron chi connectivity index (χ1n) is 11.8. The molecule has 0 saturated heterocycles. The molecule has 198 valence electrons. The van der Waals surface area contributed by atoms with Gasteiger partial charge in [0.05, 0.1) is 17.4 Å². The van der Waals surface area contributed by atoms with Crippen LogP contribution in [0.3, 0.4) is 0 Å². The second-order valence-corrected chi connectivity index (χ2v) is 8.61. The highest BCUT2D eigenvalue weighted by Gasteiger charge is 2.22. The largest absolute Gasteiger partial charge is 0.481 e. The van der Waals surface area contributed by atoms with Gasteiger partial charge in [0.2, 0.25) is 5.95 Å². The van der Waals surface area contributed by atoms with E-state index < -0.39 is 23.9 Å². The van der Waals surface area contributed by atoms with Crippen LogP contribution in [0.4, 0.5) is 5.69 Å². The first-order valence-corrected chi connectivity index (χ1v) is 11.8. The maximum Gasteiger partial charge on any atom is 0.326 e. The van der Waals surface area contributed by atoms with Crippen LogP contribution >= 0.6 is 0 Å². The first kappa shape index (κ1) is 26.6. The number of aromatic nitrogens is 4. The Morgan fingerprint density at radius 3 is 2.56 bits per heavy atom. The van der Waals surface area contributed by atoms with Gasteiger partial charge in [0.25, 0.3) is 11.5 Å². The van der Waals surface area contributed by atoms with Crippen molar-refractivity contribution < 1.29 is 24.6 Å². The number of carboxylic acid groups (broad SMARTS) is 2. The third-order valence-corrected chi connectivity index (χ3v) is 5.91. The van der Waals surface area contributed by atoms with E-state index in [1.165, 1.54) is 18.5 Å². The van der Waals surface area contributed by atoms with Crippen molar-refractivity contribution in [1.82, 2.24) is 24.8 Å². The van der Waals surface area contributed by atoms with E-state index in [0.717, 1.165) is 5.56 Å². The monoisotopic (exact) mass is 528 g/mol. The Morgan fingerprint density at radius 2 is 1.92 bits per heavy atom. The highest BCUT2D eigenvalue weighted by atomic mass is 16.4. The van der Waals surface area contributed by atoms with Crippen molar-refractivity contribution in [1.29, 1.82) is 0 Å². The molecule has 0 saturated carbocycles. The van der Waals surface area contributed by atoms with Gasteiger partial charge in [0, 0.05) is 36.6 Å². The van der Waals surface area contributed by atoms with Gasteiger partial charge in [0.1, 0.15) is 12.4 Å². The predicted octanol–water partition coefficient (Wildman–Crippen LogP) is 1.80. The normalized spacial score (nSPS) is 11.5. The molecule has 0 fully saturated rings. The molecule has 4 N–H and O–H groups in total. The van der Waals surface area contributed by atoms with Gasteiger partial charge < -0.3 is 20.4 Å². The molecule has 39 heavy (non-hydrogen) atoms. The summed E-state index contributed by atoms with van der Waals surface area (Å²) in [5.74, 6) is -0.153. The van der Waals surface area contributed by atoms with Crippen molar-refractivity contribution in [2.75, 3.05) is 11.4 Å². The molecule has 0 aliphatic rings. The number of carbonyl (C=O) groups is 3. The highest BCUT2D eigenvalue weighted by Crippen LogP contribution is 2.20. The lowest BCUT2D eigenvalue weighted by atomic mass is 10.1. The van der Waals surface area contributed by atoms with Crippen molar-refractivity contribution in [3.05, 3.63) is 82.7 Å². The van der Waals surface area contributed by atoms with E-state index in [1.54, 1.807) is 41.2 Å². The second-order valence-electron chi connectivity index (χ2n) is 8.61. The zero-order valence-corrected chi connectivity index (χ0v) is 20.6. The molecule has 1 atom stereocenters. The molecule has 0 bridgehead atoms. The van der Waals surface area contributed by atoms with Crippen LogP contribution in [0.2, 0.25) is 0 Å². The van der Waals surface area contributed by atoms with E-state index in [9.17, 15) is 24.3 Å². The number of H-pyrrole nitrogens is 1. The van der Waals surface area contributed by atoms with E-state index in [4.69, 9.17) is 11.5 Å². The number of fused-ring (bicyclic) bond motifs is 1. The van der Waals surface area contributed by atoms with Crippen molar-refractivity contribution in [3.8, 4) is 18.3 Å². The number of rotatable bonds is 11. The molecule has 0 aliphatic carbocycles. The van der Waals surface area contributed by atoms with Crippen LogP contribution in [0.5, 0.6) is 0 Å². The summed E-state index contributed by atoms with van der Waals surface area (Å²) in [6.45, 7) is 0.610. The summed E-state index contributed by atoms with van der Waals surface area (Å²) in [4.78, 5) is 60.5. The van der Waals surface area contributed by atoms with Gasteiger partial charge in [-0.15, -0.1) is 6.42 Å². The number of imidazole rings is 1. The number of nitrogens with zero attached hydrogens (tertiary/aromatic N) is 4. The fourth-order valence-corrected chi connectivity index (χ4v) is 3.94. The van der Waals surface area contributed by atoms with Crippen molar-refractivity contribution in [2.24, 2.45) is 0 Å². The Hall–Kier alpha value is -5.44. The lowest BCUT2D eigenvalue weighted by Gasteiger charge is -2.23. The van der Waals surface area contributed by atoms with Crippen LogP contribution in [0.15, 0.2) is 66.0 Å². The minimum absolute atomic E-state index is 0.206. The molecular formula is C27H24N6O6. The summed E-state index contributed by atoms with van der Waals surface area (Å²) in [5.41, 5.74) is 1.94. The molecule has 2 heterocycles. The average molecular weight is 529 g/mol. The third-order valence-electron chi connectivity index (χ3n) is 5.91. The van der Waals surface area contributed by atoms with Crippen LogP contribution in [0.25, 0.3) is 16.9 Å². The zero-order valence-electron chi connectivity index (χ0n) is 20.6. The minimum Gasteiger partial charge on any atom is -0.481 e. The Bertz CT molecular complexity index is 1600. The smallest absolute Gasteiger partial charge is 0.326 e. The molecular weight excluding hydrogens is 504 g/mol. The SMILES string of the molecule is C#CCN(Cc1ccc2nc(-n3ccnc3)[nH]c(=O)c2c1)c1ccc(C(=O)NC(CCC(=O)O)C(=O)O)cc1. The van der Waals surface area contributed by atoms with E-state index in [0.29, 0.717) is 29.1 Å². The number of benzene rings is 2. The van der Waals surface area contributed by atoms with Gasteiger partial charge in [-0.05, 0) is 48.4 Å². The third kappa shape index (κ3) is 6.47. The lowest BCUT2D eigenvalue weighted by Crippen LogP contribution is -2.41. The Kier molecular flexibility index (Phi) is 8.01. The van der Waals surface area contributed by atoms with Gasteiger partial charge >= 0.3 is 11.9 Å². The molecule has 0 spiro atoms. The average Bonchev–Trinajstić information content (AvgIpc) is 3.46. The van der Waals surface area contributed by atoms with Gasteiger partial charge in [0.15, 0.2) is 0 Å². The minimum atomic E-state index is -1.33. The van der Waals surface area contributed by atoms with Crippen molar-refractivity contribution in [3.63, 3.8) is 0 Å². The number of amides is 1. The zero-order chi connectivity index (χ0) is 27.9. The number of aromatic amines is 1. The van der Waals surface area contributed by atoms with Crippen LogP contribution in [0.1, 0.15) is 28.8 Å². The molecule has 1 amide bonds. The fourth-order valence-electron chi connectivity index (χ4n) is 3.94. The quantitative estimate of drug-likeness (QED) is 0.212. The molecule has 0 aliphatic heterocycles. The molecule has 2 aromatic carbocycles. The molecule has 1 unspecified atom stereocenters. The highest BCUT2D eigenvalue weighted by molar-refractivity contribution is 5.97. The number of aliphatic carboxylic acids is 2.